The largest absolute Gasteiger partial charge is 0.493 e. The van der Waals surface area contributed by atoms with Gasteiger partial charge in [-0.3, -0.25) is 9.69 Å². The van der Waals surface area contributed by atoms with Crippen molar-refractivity contribution >= 4 is 51.1 Å². The lowest BCUT2D eigenvalue weighted by atomic mass is 10.0. The topological polar surface area (TPSA) is 48.0 Å². The van der Waals surface area contributed by atoms with Crippen molar-refractivity contribution in [2.45, 2.75) is 32.8 Å². The Hall–Kier alpha value is -2.09. The molecule has 30 heavy (non-hydrogen) atoms. The van der Waals surface area contributed by atoms with Crippen LogP contribution < -0.4 is 9.47 Å². The molecule has 0 unspecified atom stereocenters. The molecule has 4 rings (SSSR count). The molecule has 1 amide bonds. The van der Waals surface area contributed by atoms with Gasteiger partial charge in [0.1, 0.15) is 15.8 Å². The second kappa shape index (κ2) is 9.37. The Morgan fingerprint density at radius 1 is 1.20 bits per heavy atom. The summed E-state index contributed by atoms with van der Waals surface area (Å²) < 4.78 is 18.0. The molecule has 1 atom stereocenters. The molecule has 0 saturated carbocycles. The van der Waals surface area contributed by atoms with Gasteiger partial charge in [-0.2, -0.15) is 0 Å². The number of carbonyl (C=O) groups is 1. The van der Waals surface area contributed by atoms with Crippen molar-refractivity contribution in [3.8, 4) is 11.5 Å². The summed E-state index contributed by atoms with van der Waals surface area (Å²) in [5, 5.41) is 1.90. The average Bonchev–Trinajstić information content (AvgIpc) is 3.34. The van der Waals surface area contributed by atoms with E-state index >= 15 is 0 Å². The number of benzene rings is 2. The summed E-state index contributed by atoms with van der Waals surface area (Å²) in [6.45, 7) is 6.34. The number of fused-ring (bicyclic) bond motifs is 1. The van der Waals surface area contributed by atoms with Gasteiger partial charge in [0.15, 0.2) is 0 Å². The molecule has 158 valence electrons. The first-order valence-corrected chi connectivity index (χ1v) is 11.5. The standard InChI is InChI=1S/C23H25NO4S2/c1-3-26-18-11-10-15(21-17(18)8-5-9-19(21)27-4-2)13-20-22(25)24(23(29)30-20)14-16-7-6-12-28-16/h5,8-11,13,16H,3-4,6-7,12,14H2,1-2H3/b20-13-/t16-/m1/s1. The van der Waals surface area contributed by atoms with E-state index in [2.05, 4.69) is 0 Å². The third-order valence-corrected chi connectivity index (χ3v) is 6.54. The summed E-state index contributed by atoms with van der Waals surface area (Å²) in [6.07, 6.45) is 3.99. The second-order valence-electron chi connectivity index (χ2n) is 7.13. The predicted octanol–water partition coefficient (Wildman–Crippen LogP) is 5.02. The van der Waals surface area contributed by atoms with E-state index in [4.69, 9.17) is 26.4 Å². The summed E-state index contributed by atoms with van der Waals surface area (Å²) >= 11 is 6.83. The molecule has 2 fully saturated rings. The van der Waals surface area contributed by atoms with E-state index in [1.807, 2.05) is 50.3 Å². The van der Waals surface area contributed by atoms with Crippen LogP contribution >= 0.6 is 24.0 Å². The van der Waals surface area contributed by atoms with E-state index in [0.717, 1.165) is 47.3 Å². The van der Waals surface area contributed by atoms with Crippen LogP contribution in [0.25, 0.3) is 16.8 Å². The minimum absolute atomic E-state index is 0.0589. The van der Waals surface area contributed by atoms with Gasteiger partial charge in [0.2, 0.25) is 0 Å². The van der Waals surface area contributed by atoms with Gasteiger partial charge in [-0.25, -0.2) is 0 Å². The van der Waals surface area contributed by atoms with E-state index in [0.29, 0.717) is 29.0 Å². The number of amides is 1. The fraction of sp³-hybridized carbons (Fsp3) is 0.391. The highest BCUT2D eigenvalue weighted by molar-refractivity contribution is 8.26. The summed E-state index contributed by atoms with van der Waals surface area (Å²) in [6, 6.07) is 9.84. The average molecular weight is 444 g/mol. The van der Waals surface area contributed by atoms with Crippen LogP contribution in [0.3, 0.4) is 0 Å². The van der Waals surface area contributed by atoms with Crippen LogP contribution in [0.1, 0.15) is 32.3 Å². The SMILES string of the molecule is CCOc1ccc(/C=C2\SC(=S)N(C[C@H]3CCCO3)C2=O)c2c(OCC)cccc12. The summed E-state index contributed by atoms with van der Waals surface area (Å²) in [5.41, 5.74) is 0.912. The van der Waals surface area contributed by atoms with Crippen molar-refractivity contribution in [3.05, 3.63) is 40.8 Å². The third-order valence-electron chi connectivity index (χ3n) is 5.16. The van der Waals surface area contributed by atoms with Crippen LogP contribution in [0, 0.1) is 0 Å². The zero-order chi connectivity index (χ0) is 21.1. The van der Waals surface area contributed by atoms with Gasteiger partial charge < -0.3 is 14.2 Å². The first kappa shape index (κ1) is 21.2. The van der Waals surface area contributed by atoms with E-state index in [-0.39, 0.29) is 12.0 Å². The van der Waals surface area contributed by atoms with Crippen LogP contribution in [-0.4, -0.2) is 47.6 Å². The Morgan fingerprint density at radius 3 is 2.73 bits per heavy atom. The molecular formula is C23H25NO4S2. The second-order valence-corrected chi connectivity index (χ2v) is 8.80. The van der Waals surface area contributed by atoms with Gasteiger partial charge in [0.05, 0.1) is 30.8 Å². The number of rotatable bonds is 7. The van der Waals surface area contributed by atoms with Crippen LogP contribution in [-0.2, 0) is 9.53 Å². The maximum Gasteiger partial charge on any atom is 0.266 e. The fourth-order valence-corrected chi connectivity index (χ4v) is 5.11. The Labute approximate surface area is 186 Å². The van der Waals surface area contributed by atoms with Gasteiger partial charge in [-0.1, -0.05) is 42.2 Å². The van der Waals surface area contributed by atoms with E-state index in [1.165, 1.54) is 11.8 Å². The zero-order valence-corrected chi connectivity index (χ0v) is 18.8. The van der Waals surface area contributed by atoms with Crippen molar-refractivity contribution in [1.82, 2.24) is 4.90 Å². The molecule has 5 nitrogen and oxygen atoms in total. The molecule has 2 heterocycles. The monoisotopic (exact) mass is 443 g/mol. The Balaban J connectivity index is 1.72. The van der Waals surface area contributed by atoms with Crippen molar-refractivity contribution in [1.29, 1.82) is 0 Å². The van der Waals surface area contributed by atoms with Gasteiger partial charge in [0, 0.05) is 17.4 Å². The van der Waals surface area contributed by atoms with Crippen LogP contribution in [0.2, 0.25) is 0 Å². The van der Waals surface area contributed by atoms with Crippen molar-refractivity contribution in [2.24, 2.45) is 0 Å². The Kier molecular flexibility index (Phi) is 6.61. The van der Waals surface area contributed by atoms with Gasteiger partial charge >= 0.3 is 0 Å². The van der Waals surface area contributed by atoms with Crippen LogP contribution in [0.4, 0.5) is 0 Å². The maximum absolute atomic E-state index is 13.1. The molecular weight excluding hydrogens is 418 g/mol. The molecule has 2 aliphatic heterocycles. The van der Waals surface area contributed by atoms with Gasteiger partial charge in [-0.15, -0.1) is 0 Å². The lowest BCUT2D eigenvalue weighted by Gasteiger charge is -2.18. The molecule has 0 aliphatic carbocycles. The van der Waals surface area contributed by atoms with Gasteiger partial charge in [0.25, 0.3) is 5.91 Å². The smallest absolute Gasteiger partial charge is 0.266 e. The summed E-state index contributed by atoms with van der Waals surface area (Å²) in [4.78, 5) is 15.4. The highest BCUT2D eigenvalue weighted by atomic mass is 32.2. The lowest BCUT2D eigenvalue weighted by molar-refractivity contribution is -0.123. The molecule has 2 saturated heterocycles. The quantitative estimate of drug-likeness (QED) is 0.442. The van der Waals surface area contributed by atoms with Crippen molar-refractivity contribution < 1.29 is 19.0 Å². The molecule has 2 aliphatic rings. The third kappa shape index (κ3) is 4.19. The van der Waals surface area contributed by atoms with Crippen LogP contribution in [0.15, 0.2) is 35.2 Å². The predicted molar refractivity (Wildman–Crippen MR) is 125 cm³/mol. The Bertz CT molecular complexity index is 998. The minimum atomic E-state index is -0.0589. The number of thiocarbonyl (C=S) groups is 1. The molecule has 0 spiro atoms. The molecule has 0 N–H and O–H groups in total. The summed E-state index contributed by atoms with van der Waals surface area (Å²) in [7, 11) is 0. The number of hydrogen-bond acceptors (Lipinski definition) is 6. The van der Waals surface area contributed by atoms with Crippen molar-refractivity contribution in [3.63, 3.8) is 0 Å². The molecule has 0 radical (unpaired) electrons. The van der Waals surface area contributed by atoms with E-state index in [1.54, 1.807) is 4.90 Å². The zero-order valence-electron chi connectivity index (χ0n) is 17.2. The first-order valence-electron chi connectivity index (χ1n) is 10.3. The summed E-state index contributed by atoms with van der Waals surface area (Å²) in [5.74, 6) is 1.52. The number of nitrogens with zero attached hydrogens (tertiary/aromatic N) is 1. The molecule has 2 aromatic carbocycles. The number of thioether (sulfide) groups is 1. The highest BCUT2D eigenvalue weighted by Crippen LogP contribution is 2.39. The van der Waals surface area contributed by atoms with E-state index in [9.17, 15) is 4.79 Å². The minimum Gasteiger partial charge on any atom is -0.493 e. The molecule has 7 heteroatoms. The Morgan fingerprint density at radius 2 is 2.00 bits per heavy atom. The lowest BCUT2D eigenvalue weighted by Crippen LogP contribution is -2.35. The normalized spacial score (nSPS) is 20.5. The van der Waals surface area contributed by atoms with Gasteiger partial charge in [-0.05, 0) is 50.5 Å². The van der Waals surface area contributed by atoms with Crippen LogP contribution in [0.5, 0.6) is 11.5 Å². The maximum atomic E-state index is 13.1. The molecule has 0 aromatic heterocycles. The highest BCUT2D eigenvalue weighted by Gasteiger charge is 2.34. The molecule has 2 aromatic rings. The number of ether oxygens (including phenoxy) is 3. The van der Waals surface area contributed by atoms with E-state index < -0.39 is 0 Å². The number of hydrogen-bond donors (Lipinski definition) is 0. The molecule has 0 bridgehead atoms. The first-order chi connectivity index (χ1) is 14.6. The van der Waals surface area contributed by atoms with Crippen molar-refractivity contribution in [2.75, 3.05) is 26.4 Å². The number of carbonyl (C=O) groups excluding carboxylic acids is 1. The fourth-order valence-electron chi connectivity index (χ4n) is 3.84.